The molecule has 0 atom stereocenters. The lowest BCUT2D eigenvalue weighted by atomic mass is 10.2. The summed E-state index contributed by atoms with van der Waals surface area (Å²) in [4.78, 5) is 3.93. The summed E-state index contributed by atoms with van der Waals surface area (Å²) in [6.07, 6.45) is 6.19. The Bertz CT molecular complexity index is 553. The van der Waals surface area contributed by atoms with E-state index in [1.807, 2.05) is 0 Å². The van der Waals surface area contributed by atoms with Gasteiger partial charge in [0, 0.05) is 5.56 Å². The Balaban J connectivity index is 2.72. The van der Waals surface area contributed by atoms with E-state index in [4.69, 9.17) is 6.42 Å². The second kappa shape index (κ2) is 2.86. The van der Waals surface area contributed by atoms with Crippen LogP contribution in [0.25, 0.3) is 0 Å². The van der Waals surface area contributed by atoms with E-state index in [2.05, 4.69) is 15.6 Å². The van der Waals surface area contributed by atoms with Crippen LogP contribution in [0.5, 0.6) is 0 Å². The molecule has 1 aromatic carbocycles. The molecule has 0 saturated heterocycles. The standard InChI is InChI=1S/C9H5N2O2S/c1-2-7-3-4-9-8(5-7)10-6-11-14(9,12)13/h1,3-6H. The Morgan fingerprint density at radius 1 is 1.36 bits per heavy atom. The Morgan fingerprint density at radius 3 is 2.86 bits per heavy atom. The Kier molecular flexibility index (Phi) is 1.79. The maximum atomic E-state index is 11.4. The van der Waals surface area contributed by atoms with Gasteiger partial charge in [-0.3, -0.25) is 0 Å². The van der Waals surface area contributed by atoms with Gasteiger partial charge in [-0.1, -0.05) is 5.92 Å². The first kappa shape index (κ1) is 8.78. The van der Waals surface area contributed by atoms with Gasteiger partial charge in [0.1, 0.15) is 11.2 Å². The molecule has 1 heterocycles. The van der Waals surface area contributed by atoms with E-state index in [1.54, 1.807) is 6.07 Å². The fourth-order valence-electron chi connectivity index (χ4n) is 1.13. The topological polar surface area (TPSA) is 60.6 Å². The largest absolute Gasteiger partial charge is 0.285 e. The van der Waals surface area contributed by atoms with Gasteiger partial charge < -0.3 is 0 Å². The number of nitrogens with zero attached hydrogens (tertiary/aromatic N) is 2. The maximum Gasteiger partial charge on any atom is 0.285 e. The summed E-state index contributed by atoms with van der Waals surface area (Å²) >= 11 is 0. The molecule has 69 valence electrons. The highest BCUT2D eigenvalue weighted by Crippen LogP contribution is 2.27. The molecule has 5 heteroatoms. The molecule has 14 heavy (non-hydrogen) atoms. The van der Waals surface area contributed by atoms with Crippen molar-refractivity contribution in [2.75, 3.05) is 0 Å². The average Bonchev–Trinajstić information content (AvgIpc) is 2.16. The van der Waals surface area contributed by atoms with Crippen molar-refractivity contribution in [1.29, 1.82) is 0 Å². The number of rotatable bonds is 0. The van der Waals surface area contributed by atoms with Crippen molar-refractivity contribution in [1.82, 2.24) is 4.72 Å². The van der Waals surface area contributed by atoms with Crippen LogP contribution >= 0.6 is 0 Å². The molecule has 0 bridgehead atoms. The van der Waals surface area contributed by atoms with Gasteiger partial charge >= 0.3 is 0 Å². The molecule has 0 saturated carbocycles. The van der Waals surface area contributed by atoms with Crippen molar-refractivity contribution >= 4 is 22.0 Å². The third-order valence-corrected chi connectivity index (χ3v) is 3.06. The molecule has 0 aromatic heterocycles. The fourth-order valence-corrected chi connectivity index (χ4v) is 2.03. The number of fused-ring (bicyclic) bond motifs is 1. The Morgan fingerprint density at radius 2 is 2.14 bits per heavy atom. The zero-order valence-electron chi connectivity index (χ0n) is 7.01. The van der Waals surface area contributed by atoms with Crippen molar-refractivity contribution in [2.24, 2.45) is 4.99 Å². The van der Waals surface area contributed by atoms with Crippen LogP contribution in [-0.4, -0.2) is 14.8 Å². The third-order valence-electron chi connectivity index (χ3n) is 1.79. The monoisotopic (exact) mass is 205 g/mol. The van der Waals surface area contributed by atoms with Crippen molar-refractivity contribution in [3.05, 3.63) is 23.8 Å². The highest BCUT2D eigenvalue weighted by molar-refractivity contribution is 7.90. The summed E-state index contributed by atoms with van der Waals surface area (Å²) in [5.74, 6) is 2.41. The molecule has 0 unspecified atom stereocenters. The van der Waals surface area contributed by atoms with Gasteiger partial charge in [-0.2, -0.15) is 8.42 Å². The zero-order valence-corrected chi connectivity index (χ0v) is 7.82. The molecule has 2 rings (SSSR count). The predicted molar refractivity (Wildman–Crippen MR) is 51.8 cm³/mol. The fraction of sp³-hybridized carbons (Fsp3) is 0. The zero-order chi connectivity index (χ0) is 10.2. The van der Waals surface area contributed by atoms with E-state index in [0.717, 1.165) is 6.34 Å². The summed E-state index contributed by atoms with van der Waals surface area (Å²) in [6.45, 7) is 0. The van der Waals surface area contributed by atoms with Crippen molar-refractivity contribution in [3.63, 3.8) is 0 Å². The normalized spacial score (nSPS) is 16.5. The summed E-state index contributed by atoms with van der Waals surface area (Å²) in [6, 6.07) is 4.50. The number of hydrogen-bond acceptors (Lipinski definition) is 3. The molecule has 1 aliphatic heterocycles. The molecular weight excluding hydrogens is 200 g/mol. The van der Waals surface area contributed by atoms with Gasteiger partial charge in [0.15, 0.2) is 0 Å². The highest BCUT2D eigenvalue weighted by Gasteiger charge is 2.22. The van der Waals surface area contributed by atoms with E-state index in [-0.39, 0.29) is 4.90 Å². The Hall–Kier alpha value is -1.80. The molecule has 0 aliphatic carbocycles. The number of hydrogen-bond donors (Lipinski definition) is 0. The number of sulfonamides is 1. The van der Waals surface area contributed by atoms with E-state index >= 15 is 0 Å². The minimum Gasteiger partial charge on any atom is -0.235 e. The first-order valence-corrected chi connectivity index (χ1v) is 5.18. The molecule has 0 spiro atoms. The maximum absolute atomic E-state index is 11.4. The summed E-state index contributed by atoms with van der Waals surface area (Å²) in [5.41, 5.74) is 0.938. The van der Waals surface area contributed by atoms with Crippen LogP contribution in [0.2, 0.25) is 0 Å². The number of aliphatic imine (C=N–C) groups is 1. The lowest BCUT2D eigenvalue weighted by Gasteiger charge is -2.09. The summed E-state index contributed by atoms with van der Waals surface area (Å²) in [7, 11) is -3.56. The first-order chi connectivity index (χ1) is 6.63. The van der Waals surface area contributed by atoms with Crippen molar-refractivity contribution < 1.29 is 8.42 Å². The highest BCUT2D eigenvalue weighted by atomic mass is 32.2. The summed E-state index contributed by atoms with van der Waals surface area (Å²) in [5, 5.41) is 0. The van der Waals surface area contributed by atoms with Crippen molar-refractivity contribution in [3.8, 4) is 12.3 Å². The predicted octanol–water partition coefficient (Wildman–Crippen LogP) is 0.634. The molecule has 0 N–H and O–H groups in total. The van der Waals surface area contributed by atoms with Crippen LogP contribution < -0.4 is 4.72 Å². The quantitative estimate of drug-likeness (QED) is 0.583. The van der Waals surface area contributed by atoms with E-state index in [0.29, 0.717) is 11.3 Å². The van der Waals surface area contributed by atoms with Gasteiger partial charge in [0.2, 0.25) is 0 Å². The van der Waals surface area contributed by atoms with Crippen LogP contribution in [0.1, 0.15) is 5.56 Å². The van der Waals surface area contributed by atoms with Gasteiger partial charge in [0.25, 0.3) is 10.0 Å². The van der Waals surface area contributed by atoms with E-state index < -0.39 is 10.0 Å². The van der Waals surface area contributed by atoms with E-state index in [9.17, 15) is 8.42 Å². The van der Waals surface area contributed by atoms with Crippen LogP contribution in [0.4, 0.5) is 5.69 Å². The Labute approximate surface area is 81.7 Å². The molecule has 4 nitrogen and oxygen atoms in total. The minimum absolute atomic E-state index is 0.0963. The van der Waals surface area contributed by atoms with Gasteiger partial charge in [-0.05, 0) is 18.2 Å². The average molecular weight is 205 g/mol. The van der Waals surface area contributed by atoms with Crippen molar-refractivity contribution in [2.45, 2.75) is 4.90 Å². The smallest absolute Gasteiger partial charge is 0.235 e. The molecule has 0 fully saturated rings. The molecule has 1 radical (unpaired) electrons. The van der Waals surface area contributed by atoms with Crippen LogP contribution in [0, 0.1) is 12.3 Å². The molecule has 1 aromatic rings. The number of benzene rings is 1. The lowest BCUT2D eigenvalue weighted by molar-refractivity contribution is 0.591. The van der Waals surface area contributed by atoms with Gasteiger partial charge in [-0.25, -0.2) is 4.99 Å². The van der Waals surface area contributed by atoms with E-state index in [1.165, 1.54) is 12.1 Å². The molecular formula is C9H5N2O2S. The molecule has 0 amide bonds. The van der Waals surface area contributed by atoms with Gasteiger partial charge in [-0.15, -0.1) is 11.1 Å². The number of terminal acetylenes is 1. The van der Waals surface area contributed by atoms with Crippen LogP contribution in [-0.2, 0) is 10.0 Å². The lowest BCUT2D eigenvalue weighted by Crippen LogP contribution is -2.18. The minimum atomic E-state index is -3.56. The first-order valence-electron chi connectivity index (χ1n) is 3.74. The van der Waals surface area contributed by atoms with Crippen LogP contribution in [0.3, 0.4) is 0 Å². The van der Waals surface area contributed by atoms with Gasteiger partial charge in [0.05, 0.1) is 5.69 Å². The SMILES string of the molecule is C#Cc1ccc2c(c1)N=C[N]S2(=O)=O. The molecule has 1 aliphatic rings. The second-order valence-corrected chi connectivity index (χ2v) is 4.25. The van der Waals surface area contributed by atoms with Crippen LogP contribution in [0.15, 0.2) is 28.1 Å². The third kappa shape index (κ3) is 1.26. The second-order valence-electron chi connectivity index (χ2n) is 2.65. The summed E-state index contributed by atoms with van der Waals surface area (Å²) < 4.78 is 26.0.